The van der Waals surface area contributed by atoms with E-state index in [0.29, 0.717) is 22.5 Å². The minimum absolute atomic E-state index is 0.0374. The molecule has 0 saturated carbocycles. The van der Waals surface area contributed by atoms with Gasteiger partial charge in [-0.15, -0.1) is 0 Å². The summed E-state index contributed by atoms with van der Waals surface area (Å²) in [7, 11) is 0. The Bertz CT molecular complexity index is 1090. The molecule has 1 N–H and O–H groups in total. The molecule has 0 atom stereocenters. The van der Waals surface area contributed by atoms with Crippen LogP contribution in [0, 0.1) is 11.3 Å². The fraction of sp³-hybridized carbons (Fsp3) is 0.211. The van der Waals surface area contributed by atoms with Gasteiger partial charge < -0.3 is 0 Å². The Morgan fingerprint density at radius 2 is 2.12 bits per heavy atom. The number of nitrogens with one attached hydrogen (secondary N) is 1. The predicted molar refractivity (Wildman–Crippen MR) is 92.6 cm³/mol. The van der Waals surface area contributed by atoms with E-state index in [-0.39, 0.29) is 11.5 Å². The molecule has 0 fully saturated rings. The lowest BCUT2D eigenvalue weighted by Gasteiger charge is -2.12. The molecule has 0 saturated heterocycles. The largest absolute Gasteiger partial charge is 0.295 e. The average molecular weight is 316 g/mol. The van der Waals surface area contributed by atoms with Gasteiger partial charge in [-0.3, -0.25) is 9.89 Å². The highest BCUT2D eigenvalue weighted by Gasteiger charge is 2.23. The first kappa shape index (κ1) is 14.5. The summed E-state index contributed by atoms with van der Waals surface area (Å²) in [6.45, 7) is 3.98. The number of hydrogen-bond donors (Lipinski definition) is 1. The molecule has 1 aromatic carbocycles. The monoisotopic (exact) mass is 316 g/mol. The number of aromatic amines is 1. The molecule has 5 nitrogen and oxygen atoms in total. The zero-order valence-corrected chi connectivity index (χ0v) is 13.5. The summed E-state index contributed by atoms with van der Waals surface area (Å²) >= 11 is 0. The van der Waals surface area contributed by atoms with Crippen LogP contribution in [0.5, 0.6) is 0 Å². The Balaban J connectivity index is 2.00. The van der Waals surface area contributed by atoms with Gasteiger partial charge in [0.2, 0.25) is 0 Å². The second-order valence-electron chi connectivity index (χ2n) is 6.34. The summed E-state index contributed by atoms with van der Waals surface area (Å²) < 4.78 is 1.36. The van der Waals surface area contributed by atoms with Crippen molar-refractivity contribution < 1.29 is 0 Å². The molecule has 4 rings (SSSR count). The van der Waals surface area contributed by atoms with Crippen LogP contribution in [0.4, 0.5) is 0 Å². The van der Waals surface area contributed by atoms with Gasteiger partial charge in [0.05, 0.1) is 5.69 Å². The van der Waals surface area contributed by atoms with Crippen LogP contribution < -0.4 is 5.56 Å². The summed E-state index contributed by atoms with van der Waals surface area (Å²) in [4.78, 5) is 17.6. The number of rotatable bonds is 2. The summed E-state index contributed by atoms with van der Waals surface area (Å²) in [5, 5.41) is 12.1. The van der Waals surface area contributed by atoms with Crippen LogP contribution in [0.15, 0.2) is 35.3 Å². The highest BCUT2D eigenvalue weighted by molar-refractivity contribution is 5.88. The number of nitriles is 1. The number of allylic oxidation sites excluding steroid dienone is 1. The van der Waals surface area contributed by atoms with Crippen LogP contribution in [-0.2, 0) is 6.42 Å². The van der Waals surface area contributed by atoms with Gasteiger partial charge in [-0.25, -0.2) is 9.50 Å². The molecule has 5 heteroatoms. The molecule has 0 spiro atoms. The minimum Gasteiger partial charge on any atom is -0.295 e. The molecule has 1 aliphatic carbocycles. The van der Waals surface area contributed by atoms with Crippen molar-refractivity contribution in [1.82, 2.24) is 14.6 Å². The molecular formula is C19H16N4O. The summed E-state index contributed by atoms with van der Waals surface area (Å²) in [5.74, 6) is 0.0374. The van der Waals surface area contributed by atoms with Crippen molar-refractivity contribution in [2.45, 2.75) is 26.2 Å². The molecule has 24 heavy (non-hydrogen) atoms. The van der Waals surface area contributed by atoms with Crippen molar-refractivity contribution in [3.63, 3.8) is 0 Å². The van der Waals surface area contributed by atoms with Gasteiger partial charge in [0.1, 0.15) is 11.6 Å². The molecule has 1 aliphatic rings. The first-order chi connectivity index (χ1) is 11.6. The van der Waals surface area contributed by atoms with Gasteiger partial charge in [0, 0.05) is 18.2 Å². The third-order valence-corrected chi connectivity index (χ3v) is 4.46. The summed E-state index contributed by atoms with van der Waals surface area (Å²) in [6.07, 6.45) is 4.37. The smallest absolute Gasteiger partial charge is 0.276 e. The molecule has 0 bridgehead atoms. The molecule has 118 valence electrons. The lowest BCUT2D eigenvalue weighted by atomic mass is 9.97. The van der Waals surface area contributed by atoms with Crippen molar-refractivity contribution in [2.75, 3.05) is 0 Å². The maximum absolute atomic E-state index is 12.9. The average Bonchev–Trinajstić information content (AvgIpc) is 3.17. The Hall–Kier alpha value is -3.13. The van der Waals surface area contributed by atoms with Crippen LogP contribution in [-0.4, -0.2) is 14.6 Å². The van der Waals surface area contributed by atoms with Gasteiger partial charge in [-0.2, -0.15) is 5.26 Å². The lowest BCUT2D eigenvalue weighted by Crippen LogP contribution is -2.23. The van der Waals surface area contributed by atoms with Crippen molar-refractivity contribution in [2.24, 2.45) is 0 Å². The fourth-order valence-electron chi connectivity index (χ4n) is 3.31. The fourth-order valence-corrected chi connectivity index (χ4v) is 3.31. The SMILES string of the molecule is CC(C)c1c(C2=Cc3ccccc3C2)nc2c(C#N)c[nH]n2c1=O. The molecule has 0 aliphatic heterocycles. The van der Waals surface area contributed by atoms with Crippen LogP contribution in [0.2, 0.25) is 0 Å². The second-order valence-corrected chi connectivity index (χ2v) is 6.34. The number of aromatic nitrogens is 3. The number of benzene rings is 1. The minimum atomic E-state index is -0.136. The highest BCUT2D eigenvalue weighted by atomic mass is 16.1. The van der Waals surface area contributed by atoms with E-state index < -0.39 is 0 Å². The van der Waals surface area contributed by atoms with E-state index in [1.807, 2.05) is 26.0 Å². The van der Waals surface area contributed by atoms with Crippen LogP contribution in [0.25, 0.3) is 17.3 Å². The number of H-pyrrole nitrogens is 1. The normalized spacial score (nSPS) is 13.2. The Kier molecular flexibility index (Phi) is 3.14. The summed E-state index contributed by atoms with van der Waals surface area (Å²) in [5.41, 5.74) is 5.45. The topological polar surface area (TPSA) is 73.9 Å². The van der Waals surface area contributed by atoms with E-state index in [4.69, 9.17) is 4.98 Å². The Morgan fingerprint density at radius 3 is 2.83 bits per heavy atom. The molecule has 0 unspecified atom stereocenters. The van der Waals surface area contributed by atoms with Gasteiger partial charge in [0.15, 0.2) is 5.65 Å². The Morgan fingerprint density at radius 1 is 1.33 bits per heavy atom. The first-order valence-corrected chi connectivity index (χ1v) is 7.93. The standard InChI is InChI=1S/C19H16N4O/c1-11(2)16-17(14-7-12-5-3-4-6-13(12)8-14)22-18-15(9-20)10-21-23(18)19(16)24/h3-7,10-11,21H,8H2,1-2H3. The van der Waals surface area contributed by atoms with E-state index in [1.165, 1.54) is 21.8 Å². The number of hydrogen-bond acceptors (Lipinski definition) is 3. The molecule has 3 aromatic rings. The van der Waals surface area contributed by atoms with E-state index in [0.717, 1.165) is 12.0 Å². The van der Waals surface area contributed by atoms with Gasteiger partial charge in [-0.05, 0) is 28.7 Å². The Labute approximate surface area is 138 Å². The van der Waals surface area contributed by atoms with Crippen molar-refractivity contribution >= 4 is 17.3 Å². The number of nitrogens with zero attached hydrogens (tertiary/aromatic N) is 3. The first-order valence-electron chi connectivity index (χ1n) is 7.93. The number of fused-ring (bicyclic) bond motifs is 2. The maximum Gasteiger partial charge on any atom is 0.276 e. The zero-order chi connectivity index (χ0) is 16.8. The molecule has 0 radical (unpaired) electrons. The maximum atomic E-state index is 12.9. The van der Waals surface area contributed by atoms with Crippen LogP contribution >= 0.6 is 0 Å². The van der Waals surface area contributed by atoms with Crippen LogP contribution in [0.1, 0.15) is 47.7 Å². The van der Waals surface area contributed by atoms with Crippen molar-refractivity contribution in [1.29, 1.82) is 5.26 Å². The van der Waals surface area contributed by atoms with Gasteiger partial charge in [-0.1, -0.05) is 38.1 Å². The third-order valence-electron chi connectivity index (χ3n) is 4.46. The van der Waals surface area contributed by atoms with E-state index in [1.54, 1.807) is 0 Å². The predicted octanol–water partition coefficient (Wildman–Crippen LogP) is 3.11. The van der Waals surface area contributed by atoms with Gasteiger partial charge >= 0.3 is 0 Å². The molecule has 0 amide bonds. The van der Waals surface area contributed by atoms with E-state index in [2.05, 4.69) is 29.4 Å². The second kappa shape index (κ2) is 5.20. The summed E-state index contributed by atoms with van der Waals surface area (Å²) in [6, 6.07) is 10.3. The van der Waals surface area contributed by atoms with Crippen molar-refractivity contribution in [3.8, 4) is 6.07 Å². The zero-order valence-electron chi connectivity index (χ0n) is 13.5. The third kappa shape index (κ3) is 2.00. The molecule has 2 aromatic heterocycles. The van der Waals surface area contributed by atoms with E-state index >= 15 is 0 Å². The highest BCUT2D eigenvalue weighted by Crippen LogP contribution is 2.33. The van der Waals surface area contributed by atoms with Crippen molar-refractivity contribution in [3.05, 3.63) is 68.8 Å². The molecular weight excluding hydrogens is 300 g/mol. The quantitative estimate of drug-likeness (QED) is 0.789. The van der Waals surface area contributed by atoms with Gasteiger partial charge in [0.25, 0.3) is 5.56 Å². The lowest BCUT2D eigenvalue weighted by molar-refractivity contribution is 0.787. The van der Waals surface area contributed by atoms with Crippen LogP contribution in [0.3, 0.4) is 0 Å². The van der Waals surface area contributed by atoms with E-state index in [9.17, 15) is 10.1 Å². The molecule has 2 heterocycles.